The van der Waals surface area contributed by atoms with Gasteiger partial charge >= 0.3 is 0 Å². The Kier molecular flexibility index (Phi) is 7.98. The smallest absolute Gasteiger partial charge is 0.254 e. The molecule has 1 amide bonds. The molecule has 180 valence electrons. The van der Waals surface area contributed by atoms with Gasteiger partial charge in [-0.3, -0.25) is 4.79 Å². The first-order valence-electron chi connectivity index (χ1n) is 10.5. The van der Waals surface area contributed by atoms with Crippen molar-refractivity contribution >= 4 is 5.91 Å². The monoisotopic (exact) mass is 467 g/mol. The predicted octanol–water partition coefficient (Wildman–Crippen LogP) is 1.20. The number of aliphatic hydroxyl groups excluding tert-OH is 4. The van der Waals surface area contributed by atoms with Crippen LogP contribution in [0.15, 0.2) is 36.4 Å². The Morgan fingerprint density at radius 1 is 1.15 bits per heavy atom. The number of carbonyl (C=O) groups excluding carboxylic acids is 1. The van der Waals surface area contributed by atoms with Gasteiger partial charge in [0.2, 0.25) is 6.29 Å². The average molecular weight is 467 g/mol. The SMILES string of the molecule is CCc1c(F)cc(C(=O)NC(C)c2ccccc2)c(F)c1OC1OC(CO)C(O)C(O)C1O. The van der Waals surface area contributed by atoms with Gasteiger partial charge in [0.1, 0.15) is 30.2 Å². The second kappa shape index (κ2) is 10.5. The zero-order valence-electron chi connectivity index (χ0n) is 18.1. The number of benzene rings is 2. The van der Waals surface area contributed by atoms with Crippen LogP contribution in [0.1, 0.15) is 41.4 Å². The second-order valence-corrected chi connectivity index (χ2v) is 7.80. The second-order valence-electron chi connectivity index (χ2n) is 7.80. The number of halogens is 2. The van der Waals surface area contributed by atoms with E-state index in [4.69, 9.17) is 9.47 Å². The van der Waals surface area contributed by atoms with Gasteiger partial charge in [0.05, 0.1) is 18.2 Å². The molecule has 0 bridgehead atoms. The van der Waals surface area contributed by atoms with Crippen molar-refractivity contribution in [3.8, 4) is 5.75 Å². The molecule has 5 N–H and O–H groups in total. The van der Waals surface area contributed by atoms with Gasteiger partial charge in [0.15, 0.2) is 11.6 Å². The lowest BCUT2D eigenvalue weighted by Crippen LogP contribution is -2.60. The molecule has 2 aromatic carbocycles. The van der Waals surface area contributed by atoms with Crippen LogP contribution in [0.5, 0.6) is 5.75 Å². The Morgan fingerprint density at radius 3 is 2.42 bits per heavy atom. The van der Waals surface area contributed by atoms with Gasteiger partial charge in [0, 0.05) is 5.56 Å². The average Bonchev–Trinajstić information content (AvgIpc) is 2.81. The van der Waals surface area contributed by atoms with Crippen LogP contribution in [-0.4, -0.2) is 63.6 Å². The summed E-state index contributed by atoms with van der Waals surface area (Å²) in [6.07, 6.45) is -8.29. The van der Waals surface area contributed by atoms with Crippen molar-refractivity contribution in [1.29, 1.82) is 0 Å². The molecule has 0 spiro atoms. The highest BCUT2D eigenvalue weighted by Gasteiger charge is 2.45. The van der Waals surface area contributed by atoms with Gasteiger partial charge in [-0.1, -0.05) is 37.3 Å². The minimum absolute atomic E-state index is 0.0160. The number of aliphatic hydroxyl groups is 4. The molecule has 2 aromatic rings. The lowest BCUT2D eigenvalue weighted by Gasteiger charge is -2.39. The van der Waals surface area contributed by atoms with Crippen LogP contribution < -0.4 is 10.1 Å². The highest BCUT2D eigenvalue weighted by atomic mass is 19.1. The van der Waals surface area contributed by atoms with E-state index < -0.39 is 72.2 Å². The molecule has 6 atom stereocenters. The van der Waals surface area contributed by atoms with Gasteiger partial charge in [-0.05, 0) is 25.0 Å². The number of nitrogens with one attached hydrogen (secondary N) is 1. The molecule has 1 aliphatic heterocycles. The Labute approximate surface area is 189 Å². The third kappa shape index (κ3) is 5.15. The Bertz CT molecular complexity index is 973. The third-order valence-electron chi connectivity index (χ3n) is 5.60. The van der Waals surface area contributed by atoms with Crippen LogP contribution in [0, 0.1) is 11.6 Å². The van der Waals surface area contributed by atoms with E-state index in [1.807, 2.05) is 0 Å². The largest absolute Gasteiger partial charge is 0.458 e. The van der Waals surface area contributed by atoms with Crippen molar-refractivity contribution in [2.24, 2.45) is 0 Å². The van der Waals surface area contributed by atoms with Crippen LogP contribution in [0.3, 0.4) is 0 Å². The van der Waals surface area contributed by atoms with Crippen molar-refractivity contribution in [2.75, 3.05) is 6.61 Å². The fourth-order valence-electron chi connectivity index (χ4n) is 3.64. The molecule has 1 heterocycles. The summed E-state index contributed by atoms with van der Waals surface area (Å²) in [6.45, 7) is 2.50. The summed E-state index contributed by atoms with van der Waals surface area (Å²) < 4.78 is 40.8. The van der Waals surface area contributed by atoms with E-state index in [-0.39, 0.29) is 12.0 Å². The Morgan fingerprint density at radius 2 is 1.82 bits per heavy atom. The highest BCUT2D eigenvalue weighted by Crippen LogP contribution is 2.33. The maximum absolute atomic E-state index is 15.4. The minimum atomic E-state index is -1.83. The number of hydrogen-bond donors (Lipinski definition) is 5. The molecule has 8 nitrogen and oxygen atoms in total. The standard InChI is InChI=1S/C23H27F2NO7/c1-3-13-15(24)9-14(22(31)26-11(2)12-7-5-4-6-8-12)17(25)21(13)33-23-20(30)19(29)18(28)16(10-27)32-23/h4-9,11,16,18-20,23,27-30H,3,10H2,1-2H3,(H,26,31). The van der Waals surface area contributed by atoms with Gasteiger partial charge in [-0.15, -0.1) is 0 Å². The number of ether oxygens (including phenoxy) is 2. The molecule has 0 aromatic heterocycles. The van der Waals surface area contributed by atoms with Crippen molar-refractivity contribution in [2.45, 2.75) is 57.0 Å². The summed E-state index contributed by atoms with van der Waals surface area (Å²) in [5.41, 5.74) is -0.0705. The maximum Gasteiger partial charge on any atom is 0.254 e. The van der Waals surface area contributed by atoms with Crippen LogP contribution in [0.4, 0.5) is 8.78 Å². The molecule has 1 aliphatic rings. The number of hydrogen-bond acceptors (Lipinski definition) is 7. The minimum Gasteiger partial charge on any atom is -0.458 e. The number of amides is 1. The molecule has 0 radical (unpaired) electrons. The summed E-state index contributed by atoms with van der Waals surface area (Å²) in [5.74, 6) is -3.64. The molecule has 33 heavy (non-hydrogen) atoms. The first-order chi connectivity index (χ1) is 15.7. The molecule has 0 aliphatic carbocycles. The van der Waals surface area contributed by atoms with Crippen LogP contribution in [0.25, 0.3) is 0 Å². The molecule has 0 saturated carbocycles. The molecule has 6 unspecified atom stereocenters. The van der Waals surface area contributed by atoms with Crippen molar-refractivity contribution in [1.82, 2.24) is 5.32 Å². The van der Waals surface area contributed by atoms with Crippen molar-refractivity contribution in [3.63, 3.8) is 0 Å². The third-order valence-corrected chi connectivity index (χ3v) is 5.60. The van der Waals surface area contributed by atoms with Gasteiger partial charge < -0.3 is 35.2 Å². The molecule has 3 rings (SSSR count). The van der Waals surface area contributed by atoms with E-state index in [0.717, 1.165) is 11.6 Å². The summed E-state index contributed by atoms with van der Waals surface area (Å²) >= 11 is 0. The van der Waals surface area contributed by atoms with Crippen LogP contribution in [-0.2, 0) is 11.2 Å². The molecule has 10 heteroatoms. The Hall–Kier alpha value is -2.63. The normalized spacial score (nSPS) is 26.0. The van der Waals surface area contributed by atoms with E-state index in [2.05, 4.69) is 5.32 Å². The lowest BCUT2D eigenvalue weighted by molar-refractivity contribution is -0.278. The first kappa shape index (κ1) is 25.0. The zero-order valence-corrected chi connectivity index (χ0v) is 18.1. The van der Waals surface area contributed by atoms with E-state index in [1.165, 1.54) is 6.92 Å². The first-order valence-corrected chi connectivity index (χ1v) is 10.5. The number of rotatable bonds is 7. The molecular formula is C23H27F2NO7. The predicted molar refractivity (Wildman–Crippen MR) is 112 cm³/mol. The van der Waals surface area contributed by atoms with Crippen LogP contribution in [0.2, 0.25) is 0 Å². The van der Waals surface area contributed by atoms with Crippen LogP contribution >= 0.6 is 0 Å². The quantitative estimate of drug-likeness (QED) is 0.414. The van der Waals surface area contributed by atoms with Gasteiger partial charge in [0.25, 0.3) is 5.91 Å². The summed E-state index contributed by atoms with van der Waals surface area (Å²) in [6, 6.07) is 9.18. The lowest BCUT2D eigenvalue weighted by atomic mass is 9.99. The van der Waals surface area contributed by atoms with Gasteiger partial charge in [-0.25, -0.2) is 8.78 Å². The molecular weight excluding hydrogens is 440 g/mol. The molecule has 1 fully saturated rings. The molecule has 1 saturated heterocycles. The highest BCUT2D eigenvalue weighted by molar-refractivity contribution is 5.95. The van der Waals surface area contributed by atoms with Crippen molar-refractivity contribution < 1.29 is 43.5 Å². The van der Waals surface area contributed by atoms with E-state index in [9.17, 15) is 29.6 Å². The van der Waals surface area contributed by atoms with Crippen molar-refractivity contribution in [3.05, 3.63) is 64.7 Å². The zero-order chi connectivity index (χ0) is 24.3. The Balaban J connectivity index is 1.91. The number of carbonyl (C=O) groups is 1. The maximum atomic E-state index is 15.4. The topological polar surface area (TPSA) is 128 Å². The van der Waals surface area contributed by atoms with Gasteiger partial charge in [-0.2, -0.15) is 0 Å². The van der Waals surface area contributed by atoms with E-state index in [0.29, 0.717) is 0 Å². The fourth-order valence-corrected chi connectivity index (χ4v) is 3.64. The van der Waals surface area contributed by atoms with E-state index in [1.54, 1.807) is 37.3 Å². The fraction of sp³-hybridized carbons (Fsp3) is 0.435. The van der Waals surface area contributed by atoms with E-state index >= 15 is 4.39 Å². The summed E-state index contributed by atoms with van der Waals surface area (Å²) in [4.78, 5) is 12.7. The summed E-state index contributed by atoms with van der Waals surface area (Å²) in [7, 11) is 0. The summed E-state index contributed by atoms with van der Waals surface area (Å²) in [5, 5.41) is 42.0.